The Morgan fingerprint density at radius 3 is 1.72 bits per heavy atom. The molecule has 0 aliphatic rings. The Balaban J connectivity index is 2.89. The topological polar surface area (TPSA) is 32.3 Å². The van der Waals surface area contributed by atoms with E-state index in [9.17, 15) is 18.3 Å². The lowest BCUT2D eigenvalue weighted by molar-refractivity contribution is -0.137. The minimum absolute atomic E-state index is 0.537. The fraction of sp³-hybridized carbons (Fsp3) is 0.538. The van der Waals surface area contributed by atoms with Gasteiger partial charge in [0.25, 0.3) is 0 Å². The van der Waals surface area contributed by atoms with Gasteiger partial charge in [-0.2, -0.15) is 13.2 Å². The minimum Gasteiger partial charge on any atom is -0.388 e. The molecule has 0 atom stereocenters. The molecule has 0 fully saturated rings. The molecule has 1 rings (SSSR count). The van der Waals surface area contributed by atoms with Crippen LogP contribution >= 0.6 is 0 Å². The predicted octanol–water partition coefficient (Wildman–Crippen LogP) is 3.67. The van der Waals surface area contributed by atoms with Gasteiger partial charge in [0.1, 0.15) is 0 Å². The Bertz CT molecular complexity index is 402. The number of benzene rings is 1. The standard InChI is InChI=1S/C13H18F3NO/c1-11(2,12(3,4)18)17-10-7-5-9(6-8-10)13(14,15)16/h5-8,17-18H,1-4H3. The monoisotopic (exact) mass is 261 g/mol. The van der Waals surface area contributed by atoms with Crippen LogP contribution in [0.3, 0.4) is 0 Å². The van der Waals surface area contributed by atoms with Crippen molar-refractivity contribution in [3.63, 3.8) is 0 Å². The van der Waals surface area contributed by atoms with Crippen molar-refractivity contribution < 1.29 is 18.3 Å². The van der Waals surface area contributed by atoms with Crippen LogP contribution in [0.25, 0.3) is 0 Å². The van der Waals surface area contributed by atoms with E-state index >= 15 is 0 Å². The second-order valence-electron chi connectivity index (χ2n) is 5.38. The predicted molar refractivity (Wildman–Crippen MR) is 65.4 cm³/mol. The van der Waals surface area contributed by atoms with Crippen LogP contribution in [0.5, 0.6) is 0 Å². The number of halogens is 3. The van der Waals surface area contributed by atoms with E-state index in [-0.39, 0.29) is 0 Å². The smallest absolute Gasteiger partial charge is 0.388 e. The average molecular weight is 261 g/mol. The minimum atomic E-state index is -4.33. The fourth-order valence-corrected chi connectivity index (χ4v) is 1.26. The molecular formula is C13H18F3NO. The van der Waals surface area contributed by atoms with E-state index in [0.717, 1.165) is 12.1 Å². The highest BCUT2D eigenvalue weighted by Crippen LogP contribution is 2.31. The van der Waals surface area contributed by atoms with Crippen LogP contribution < -0.4 is 5.32 Å². The van der Waals surface area contributed by atoms with Gasteiger partial charge in [0, 0.05) is 5.69 Å². The van der Waals surface area contributed by atoms with Crippen LogP contribution in [-0.4, -0.2) is 16.2 Å². The molecule has 0 saturated heterocycles. The van der Waals surface area contributed by atoms with Gasteiger partial charge in [0.2, 0.25) is 0 Å². The third-order valence-electron chi connectivity index (χ3n) is 3.20. The largest absolute Gasteiger partial charge is 0.416 e. The van der Waals surface area contributed by atoms with E-state index in [0.29, 0.717) is 5.69 Å². The van der Waals surface area contributed by atoms with Gasteiger partial charge in [-0.25, -0.2) is 0 Å². The summed E-state index contributed by atoms with van der Waals surface area (Å²) in [5.74, 6) is 0. The van der Waals surface area contributed by atoms with E-state index in [1.807, 2.05) is 0 Å². The van der Waals surface area contributed by atoms with Gasteiger partial charge in [0.15, 0.2) is 0 Å². The van der Waals surface area contributed by atoms with Gasteiger partial charge in [-0.15, -0.1) is 0 Å². The Hall–Kier alpha value is -1.23. The van der Waals surface area contributed by atoms with Crippen molar-refractivity contribution in [1.29, 1.82) is 0 Å². The van der Waals surface area contributed by atoms with Crippen LogP contribution in [0.4, 0.5) is 18.9 Å². The zero-order chi connectivity index (χ0) is 14.2. The molecule has 0 saturated carbocycles. The van der Waals surface area contributed by atoms with Crippen LogP contribution in [0.15, 0.2) is 24.3 Å². The maximum Gasteiger partial charge on any atom is 0.416 e. The molecule has 18 heavy (non-hydrogen) atoms. The lowest BCUT2D eigenvalue weighted by atomic mass is 9.86. The zero-order valence-corrected chi connectivity index (χ0v) is 10.9. The number of hydrogen-bond acceptors (Lipinski definition) is 2. The molecule has 0 unspecified atom stereocenters. The van der Waals surface area contributed by atoms with Crippen molar-refractivity contribution in [2.24, 2.45) is 0 Å². The summed E-state index contributed by atoms with van der Waals surface area (Å²) in [7, 11) is 0. The second-order valence-corrected chi connectivity index (χ2v) is 5.38. The zero-order valence-electron chi connectivity index (χ0n) is 10.9. The first-order chi connectivity index (χ1) is 7.93. The highest BCUT2D eigenvalue weighted by molar-refractivity contribution is 5.47. The van der Waals surface area contributed by atoms with Gasteiger partial charge < -0.3 is 10.4 Å². The van der Waals surface area contributed by atoms with Gasteiger partial charge in [0.05, 0.1) is 16.7 Å². The number of anilines is 1. The number of rotatable bonds is 3. The van der Waals surface area contributed by atoms with Gasteiger partial charge >= 0.3 is 6.18 Å². The summed E-state index contributed by atoms with van der Waals surface area (Å²) >= 11 is 0. The number of alkyl halides is 3. The Morgan fingerprint density at radius 1 is 0.944 bits per heavy atom. The fourth-order valence-electron chi connectivity index (χ4n) is 1.26. The van der Waals surface area contributed by atoms with E-state index in [1.54, 1.807) is 27.7 Å². The summed E-state index contributed by atoms with van der Waals surface area (Å²) in [6, 6.07) is 4.75. The normalized spacial score (nSPS) is 13.6. The van der Waals surface area contributed by atoms with Crippen molar-refractivity contribution in [1.82, 2.24) is 0 Å². The maximum absolute atomic E-state index is 12.4. The first-order valence-electron chi connectivity index (χ1n) is 5.61. The van der Waals surface area contributed by atoms with Crippen LogP contribution in [0, 0.1) is 0 Å². The number of hydrogen-bond donors (Lipinski definition) is 2. The molecule has 0 aliphatic carbocycles. The van der Waals surface area contributed by atoms with Gasteiger partial charge in [-0.3, -0.25) is 0 Å². The molecule has 0 spiro atoms. The summed E-state index contributed by atoms with van der Waals surface area (Å²) in [6.07, 6.45) is -4.33. The van der Waals surface area contributed by atoms with Crippen LogP contribution in [0.2, 0.25) is 0 Å². The SMILES string of the molecule is CC(C)(O)C(C)(C)Nc1ccc(C(F)(F)F)cc1. The third kappa shape index (κ3) is 3.38. The summed E-state index contributed by atoms with van der Waals surface area (Å²) < 4.78 is 37.2. The molecule has 2 nitrogen and oxygen atoms in total. The molecule has 0 radical (unpaired) electrons. The van der Waals surface area contributed by atoms with Crippen molar-refractivity contribution >= 4 is 5.69 Å². The quantitative estimate of drug-likeness (QED) is 0.870. The molecule has 5 heteroatoms. The molecular weight excluding hydrogens is 243 g/mol. The Kier molecular flexibility index (Phi) is 3.68. The van der Waals surface area contributed by atoms with Crippen molar-refractivity contribution in [2.75, 3.05) is 5.32 Å². The van der Waals surface area contributed by atoms with E-state index in [4.69, 9.17) is 0 Å². The number of nitrogens with one attached hydrogen (secondary N) is 1. The van der Waals surface area contributed by atoms with E-state index in [1.165, 1.54) is 12.1 Å². The van der Waals surface area contributed by atoms with Crippen molar-refractivity contribution in [3.8, 4) is 0 Å². The molecule has 0 aliphatic heterocycles. The Labute approximate surface area is 105 Å². The molecule has 102 valence electrons. The molecule has 0 bridgehead atoms. The highest BCUT2D eigenvalue weighted by Gasteiger charge is 2.35. The molecule has 0 aromatic heterocycles. The summed E-state index contributed by atoms with van der Waals surface area (Å²) in [5.41, 5.74) is -1.81. The van der Waals surface area contributed by atoms with Crippen molar-refractivity contribution in [3.05, 3.63) is 29.8 Å². The van der Waals surface area contributed by atoms with Crippen molar-refractivity contribution in [2.45, 2.75) is 45.0 Å². The molecule has 0 heterocycles. The van der Waals surface area contributed by atoms with Crippen LogP contribution in [0.1, 0.15) is 33.3 Å². The lowest BCUT2D eigenvalue weighted by Crippen LogP contribution is -2.51. The number of aliphatic hydroxyl groups is 1. The highest BCUT2D eigenvalue weighted by atomic mass is 19.4. The first-order valence-corrected chi connectivity index (χ1v) is 5.61. The molecule has 1 aromatic carbocycles. The van der Waals surface area contributed by atoms with Gasteiger partial charge in [-0.05, 0) is 52.0 Å². The molecule has 0 amide bonds. The average Bonchev–Trinajstić information content (AvgIpc) is 2.14. The lowest BCUT2D eigenvalue weighted by Gasteiger charge is -2.39. The second kappa shape index (κ2) is 4.46. The first kappa shape index (κ1) is 14.8. The maximum atomic E-state index is 12.4. The molecule has 2 N–H and O–H groups in total. The molecule has 1 aromatic rings. The van der Waals surface area contributed by atoms with Crippen LogP contribution in [-0.2, 0) is 6.18 Å². The summed E-state index contributed by atoms with van der Waals surface area (Å²) in [5, 5.41) is 13.0. The Morgan fingerprint density at radius 2 is 1.39 bits per heavy atom. The third-order valence-corrected chi connectivity index (χ3v) is 3.20. The van der Waals surface area contributed by atoms with Gasteiger partial charge in [-0.1, -0.05) is 0 Å². The summed E-state index contributed by atoms with van der Waals surface area (Å²) in [6.45, 7) is 6.85. The summed E-state index contributed by atoms with van der Waals surface area (Å²) in [4.78, 5) is 0. The van der Waals surface area contributed by atoms with E-state index in [2.05, 4.69) is 5.32 Å². The van der Waals surface area contributed by atoms with E-state index < -0.39 is 22.9 Å².